The molecule has 2 atom stereocenters. The van der Waals surface area contributed by atoms with E-state index in [9.17, 15) is 18.0 Å². The van der Waals surface area contributed by atoms with Crippen molar-refractivity contribution >= 4 is 5.91 Å². The first kappa shape index (κ1) is 21.6. The van der Waals surface area contributed by atoms with E-state index in [0.717, 1.165) is 0 Å². The third-order valence-electron chi connectivity index (χ3n) is 5.33. The molecule has 168 valence electrons. The van der Waals surface area contributed by atoms with Crippen molar-refractivity contribution in [2.45, 2.75) is 56.2 Å². The number of hydrogen-bond acceptors (Lipinski definition) is 7. The fraction of sp³-hybridized carbons (Fsp3) is 0.550. The van der Waals surface area contributed by atoms with Crippen molar-refractivity contribution in [3.05, 3.63) is 42.1 Å². The van der Waals surface area contributed by atoms with Crippen LogP contribution in [-0.2, 0) is 19.9 Å². The Bertz CT molecular complexity index is 878. The molecule has 2 aromatic rings. The number of nitrogens with one attached hydrogen (secondary N) is 1. The van der Waals surface area contributed by atoms with Crippen LogP contribution in [0, 0.1) is 0 Å². The fourth-order valence-electron chi connectivity index (χ4n) is 3.62. The van der Waals surface area contributed by atoms with E-state index in [4.69, 9.17) is 13.9 Å². The first-order chi connectivity index (χ1) is 14.8. The van der Waals surface area contributed by atoms with Crippen LogP contribution in [0.1, 0.15) is 50.0 Å². The second-order valence-electron chi connectivity index (χ2n) is 7.61. The molecule has 8 nitrogen and oxygen atoms in total. The maximum absolute atomic E-state index is 12.7. The minimum Gasteiger partial charge on any atom is -0.484 e. The SMILES string of the molecule is O=C(COc1ccccc1)N[C@@H]1CC[C@@H](c2nnc(C3(OC(F)(F)F)CCC3)o2)OC1. The van der Waals surface area contributed by atoms with Crippen LogP contribution in [0.3, 0.4) is 0 Å². The molecule has 0 spiro atoms. The summed E-state index contributed by atoms with van der Waals surface area (Å²) in [7, 11) is 0. The van der Waals surface area contributed by atoms with Gasteiger partial charge in [0.25, 0.3) is 5.91 Å². The largest absolute Gasteiger partial charge is 0.523 e. The van der Waals surface area contributed by atoms with E-state index >= 15 is 0 Å². The van der Waals surface area contributed by atoms with Crippen molar-refractivity contribution in [2.24, 2.45) is 0 Å². The summed E-state index contributed by atoms with van der Waals surface area (Å²) in [4.78, 5) is 12.1. The lowest BCUT2D eigenvalue weighted by atomic mass is 9.80. The number of carbonyl (C=O) groups is 1. The van der Waals surface area contributed by atoms with Crippen LogP contribution < -0.4 is 10.1 Å². The number of carbonyl (C=O) groups excluding carboxylic acids is 1. The second-order valence-corrected chi connectivity index (χ2v) is 7.61. The van der Waals surface area contributed by atoms with E-state index in [1.807, 2.05) is 18.2 Å². The molecule has 11 heteroatoms. The fourth-order valence-corrected chi connectivity index (χ4v) is 3.62. The summed E-state index contributed by atoms with van der Waals surface area (Å²) in [5.74, 6) is 0.267. The van der Waals surface area contributed by atoms with Gasteiger partial charge in [-0.25, -0.2) is 0 Å². The molecule has 1 aromatic heterocycles. The zero-order valence-electron chi connectivity index (χ0n) is 16.6. The minimum atomic E-state index is -4.79. The number of alkyl halides is 3. The lowest BCUT2D eigenvalue weighted by Gasteiger charge is -2.38. The molecular formula is C20H22F3N3O5. The third kappa shape index (κ3) is 5.34. The van der Waals surface area contributed by atoms with Gasteiger partial charge in [0.1, 0.15) is 11.9 Å². The Morgan fingerprint density at radius 3 is 2.58 bits per heavy atom. The quantitative estimate of drug-likeness (QED) is 0.704. The summed E-state index contributed by atoms with van der Waals surface area (Å²) >= 11 is 0. The Morgan fingerprint density at radius 2 is 1.97 bits per heavy atom. The molecule has 4 rings (SSSR count). The maximum Gasteiger partial charge on any atom is 0.523 e. The van der Waals surface area contributed by atoms with Crippen molar-refractivity contribution in [2.75, 3.05) is 13.2 Å². The number of para-hydroxylation sites is 1. The molecule has 0 radical (unpaired) electrons. The van der Waals surface area contributed by atoms with Gasteiger partial charge in [-0.05, 0) is 44.2 Å². The van der Waals surface area contributed by atoms with E-state index in [1.165, 1.54) is 0 Å². The summed E-state index contributed by atoms with van der Waals surface area (Å²) in [6.07, 6.45) is -3.35. The number of benzene rings is 1. The molecule has 31 heavy (non-hydrogen) atoms. The van der Waals surface area contributed by atoms with Crippen LogP contribution in [0.15, 0.2) is 34.7 Å². The first-order valence-corrected chi connectivity index (χ1v) is 10.0. The van der Waals surface area contributed by atoms with Crippen molar-refractivity contribution in [3.8, 4) is 5.75 Å². The van der Waals surface area contributed by atoms with Gasteiger partial charge in [-0.2, -0.15) is 0 Å². The molecule has 1 aromatic carbocycles. The lowest BCUT2D eigenvalue weighted by Crippen LogP contribution is -2.43. The average molecular weight is 441 g/mol. The number of rotatable bonds is 7. The topological polar surface area (TPSA) is 95.7 Å². The molecule has 0 unspecified atom stereocenters. The summed E-state index contributed by atoms with van der Waals surface area (Å²) in [6, 6.07) is 8.78. The Labute approximate surface area is 176 Å². The van der Waals surface area contributed by atoms with Crippen LogP contribution in [-0.4, -0.2) is 41.7 Å². The van der Waals surface area contributed by atoms with Crippen molar-refractivity contribution in [3.63, 3.8) is 0 Å². The zero-order valence-corrected chi connectivity index (χ0v) is 16.6. The van der Waals surface area contributed by atoms with E-state index in [2.05, 4.69) is 20.3 Å². The summed E-state index contributed by atoms with van der Waals surface area (Å²) in [5.41, 5.74) is -1.60. The zero-order chi connectivity index (χ0) is 21.9. The number of halogens is 3. The minimum absolute atomic E-state index is 0.113. The Kier molecular flexibility index (Phi) is 6.15. The predicted octanol–water partition coefficient (Wildman–Crippen LogP) is 3.40. The number of ether oxygens (including phenoxy) is 3. The second kappa shape index (κ2) is 8.83. The first-order valence-electron chi connectivity index (χ1n) is 10.0. The monoisotopic (exact) mass is 441 g/mol. The van der Waals surface area contributed by atoms with Gasteiger partial charge in [0.05, 0.1) is 12.6 Å². The summed E-state index contributed by atoms with van der Waals surface area (Å²) in [6.45, 7) is 0.0991. The van der Waals surface area contributed by atoms with Crippen molar-refractivity contribution in [1.82, 2.24) is 15.5 Å². The van der Waals surface area contributed by atoms with Crippen LogP contribution >= 0.6 is 0 Å². The van der Waals surface area contributed by atoms with Crippen molar-refractivity contribution in [1.29, 1.82) is 0 Å². The number of nitrogens with zero attached hydrogens (tertiary/aromatic N) is 2. The van der Waals surface area contributed by atoms with E-state index in [-0.39, 0.29) is 49.8 Å². The van der Waals surface area contributed by atoms with Crippen LogP contribution in [0.2, 0.25) is 0 Å². The van der Waals surface area contributed by atoms with Gasteiger partial charge in [-0.3, -0.25) is 9.53 Å². The highest BCUT2D eigenvalue weighted by Gasteiger charge is 2.52. The van der Waals surface area contributed by atoms with Gasteiger partial charge in [0, 0.05) is 0 Å². The highest BCUT2D eigenvalue weighted by atomic mass is 19.4. The summed E-state index contributed by atoms with van der Waals surface area (Å²) < 4.78 is 59.1. The third-order valence-corrected chi connectivity index (χ3v) is 5.33. The molecule has 1 saturated heterocycles. The Hall–Kier alpha value is -2.66. The van der Waals surface area contributed by atoms with Gasteiger partial charge in [0.2, 0.25) is 11.8 Å². The molecular weight excluding hydrogens is 419 g/mol. The highest BCUT2D eigenvalue weighted by molar-refractivity contribution is 5.77. The van der Waals surface area contributed by atoms with Gasteiger partial charge in [0.15, 0.2) is 12.2 Å². The highest BCUT2D eigenvalue weighted by Crippen LogP contribution is 2.48. The van der Waals surface area contributed by atoms with E-state index in [0.29, 0.717) is 25.0 Å². The molecule has 2 fully saturated rings. The Morgan fingerprint density at radius 1 is 1.19 bits per heavy atom. The van der Waals surface area contributed by atoms with Crippen LogP contribution in [0.4, 0.5) is 13.2 Å². The van der Waals surface area contributed by atoms with Crippen LogP contribution in [0.25, 0.3) is 0 Å². The smallest absolute Gasteiger partial charge is 0.484 e. The molecule has 1 aliphatic heterocycles. The number of hydrogen-bond donors (Lipinski definition) is 1. The van der Waals surface area contributed by atoms with E-state index < -0.39 is 18.1 Å². The lowest BCUT2D eigenvalue weighted by molar-refractivity contribution is -0.387. The van der Waals surface area contributed by atoms with Gasteiger partial charge in [-0.1, -0.05) is 18.2 Å². The van der Waals surface area contributed by atoms with Gasteiger partial charge < -0.3 is 19.2 Å². The average Bonchev–Trinajstić information content (AvgIpc) is 3.20. The number of amides is 1. The Balaban J connectivity index is 1.26. The number of aromatic nitrogens is 2. The van der Waals surface area contributed by atoms with Crippen LogP contribution in [0.5, 0.6) is 5.75 Å². The standard InChI is InChI=1S/C20H22F3N3O5/c21-20(22,23)31-19(9-4-10-19)18-26-25-17(30-18)15-8-7-13(11-29-15)24-16(27)12-28-14-5-2-1-3-6-14/h1-3,5-6,13,15H,4,7-12H2,(H,24,27)/t13-,15+/m1/s1. The molecule has 2 aliphatic rings. The molecule has 1 amide bonds. The van der Waals surface area contributed by atoms with E-state index in [1.54, 1.807) is 12.1 Å². The normalized spacial score (nSPS) is 23.1. The van der Waals surface area contributed by atoms with Gasteiger partial charge >= 0.3 is 6.36 Å². The summed E-state index contributed by atoms with van der Waals surface area (Å²) in [5, 5.41) is 10.5. The molecule has 1 saturated carbocycles. The predicted molar refractivity (Wildman–Crippen MR) is 98.8 cm³/mol. The molecule has 0 bridgehead atoms. The molecule has 2 heterocycles. The molecule has 1 aliphatic carbocycles. The maximum atomic E-state index is 12.7. The molecule has 1 N–H and O–H groups in total. The van der Waals surface area contributed by atoms with Gasteiger partial charge in [-0.15, -0.1) is 23.4 Å². The van der Waals surface area contributed by atoms with Crippen molar-refractivity contribution < 1.29 is 36.6 Å².